The molecule has 10 heteroatoms. The Morgan fingerprint density at radius 3 is 2.67 bits per heavy atom. The van der Waals surface area contributed by atoms with Gasteiger partial charge < -0.3 is 14.2 Å². The van der Waals surface area contributed by atoms with Gasteiger partial charge in [-0.15, -0.1) is 0 Å². The van der Waals surface area contributed by atoms with Crippen molar-refractivity contribution >= 4 is 28.8 Å². The average Bonchev–Trinajstić information content (AvgIpc) is 3.19. The predicted octanol–water partition coefficient (Wildman–Crippen LogP) is 3.15. The largest absolute Gasteiger partial charge is 0.772 e. The number of piperidine rings is 1. The first-order valence-corrected chi connectivity index (χ1v) is 15.8. The van der Waals surface area contributed by atoms with Crippen LogP contribution in [-0.2, 0) is 27.2 Å². The highest BCUT2D eigenvalue weighted by atomic mass is 32.2. The number of rotatable bonds is 11. The van der Waals surface area contributed by atoms with E-state index in [1.165, 1.54) is 6.42 Å². The lowest BCUT2D eigenvalue weighted by Crippen LogP contribution is -2.59. The van der Waals surface area contributed by atoms with E-state index in [9.17, 15) is 23.1 Å². The number of likely N-dealkylation sites (tertiary alicyclic amines) is 1. The van der Waals surface area contributed by atoms with E-state index in [-0.39, 0.29) is 30.1 Å². The molecule has 1 aromatic carbocycles. The van der Waals surface area contributed by atoms with Crippen molar-refractivity contribution in [3.8, 4) is 5.75 Å². The predicted molar refractivity (Wildman–Crippen MR) is 146 cm³/mol. The first kappa shape index (κ1) is 28.2. The summed E-state index contributed by atoms with van der Waals surface area (Å²) < 4.78 is 28.5. The maximum absolute atomic E-state index is 13.0. The van der Waals surface area contributed by atoms with Crippen molar-refractivity contribution < 1.29 is 27.9 Å². The smallest absolute Gasteiger partial charge is 0.255 e. The van der Waals surface area contributed by atoms with Crippen molar-refractivity contribution in [1.29, 1.82) is 0 Å². The third-order valence-electron chi connectivity index (χ3n) is 9.07. The Hall–Kier alpha value is -2.30. The number of hydrogen-bond acceptors (Lipinski definition) is 7. The summed E-state index contributed by atoms with van der Waals surface area (Å²) >= 11 is -1.96. The minimum atomic E-state index is -1.96. The number of benzene rings is 1. The summed E-state index contributed by atoms with van der Waals surface area (Å²) in [5.41, 5.74) is 1.46. The number of carbonyl (C=O) groups excluding carboxylic acids is 3. The Balaban J connectivity index is 1.19. The molecule has 0 spiro atoms. The second-order valence-electron chi connectivity index (χ2n) is 11.6. The molecule has 39 heavy (non-hydrogen) atoms. The molecule has 5 rings (SSSR count). The van der Waals surface area contributed by atoms with Crippen LogP contribution in [0.3, 0.4) is 0 Å². The zero-order chi connectivity index (χ0) is 27.5. The number of hydrogen-bond donors (Lipinski definition) is 1. The second-order valence-corrected chi connectivity index (χ2v) is 12.7. The van der Waals surface area contributed by atoms with E-state index in [2.05, 4.69) is 17.1 Å². The molecule has 1 aliphatic carbocycles. The normalized spacial score (nSPS) is 27.6. The zero-order valence-corrected chi connectivity index (χ0v) is 23.6. The molecule has 4 aliphatic rings. The summed E-state index contributed by atoms with van der Waals surface area (Å²) in [6.45, 7) is 4.65. The molecule has 214 valence electrons. The van der Waals surface area contributed by atoms with Crippen molar-refractivity contribution in [3.05, 3.63) is 29.3 Å². The van der Waals surface area contributed by atoms with E-state index < -0.39 is 23.0 Å². The highest BCUT2D eigenvalue weighted by molar-refractivity contribution is 7.79. The fourth-order valence-corrected chi connectivity index (χ4v) is 7.40. The Morgan fingerprint density at radius 2 is 1.92 bits per heavy atom. The zero-order valence-electron chi connectivity index (χ0n) is 22.8. The van der Waals surface area contributed by atoms with Crippen molar-refractivity contribution in [2.24, 2.45) is 11.8 Å². The van der Waals surface area contributed by atoms with Gasteiger partial charge in [-0.1, -0.05) is 37.3 Å². The van der Waals surface area contributed by atoms with Crippen molar-refractivity contribution in [2.75, 3.05) is 18.8 Å². The molecular formula is C29H40N3O6S-. The molecule has 3 amide bonds. The van der Waals surface area contributed by atoms with Crippen molar-refractivity contribution in [3.63, 3.8) is 0 Å². The molecule has 2 saturated heterocycles. The van der Waals surface area contributed by atoms with E-state index in [1.807, 2.05) is 12.1 Å². The number of amides is 3. The molecule has 3 heterocycles. The fourth-order valence-electron chi connectivity index (χ4n) is 7.00. The molecule has 1 N–H and O–H groups in total. The van der Waals surface area contributed by atoms with Crippen LogP contribution in [0, 0.1) is 11.8 Å². The van der Waals surface area contributed by atoms with E-state index in [4.69, 9.17) is 4.74 Å². The van der Waals surface area contributed by atoms with Crippen LogP contribution in [0.25, 0.3) is 0 Å². The summed E-state index contributed by atoms with van der Waals surface area (Å²) in [5, 5.41) is 2.35. The van der Waals surface area contributed by atoms with Gasteiger partial charge in [-0.2, -0.15) is 0 Å². The summed E-state index contributed by atoms with van der Waals surface area (Å²) in [4.78, 5) is 41.0. The molecule has 1 saturated carbocycles. The molecule has 5 unspecified atom stereocenters. The minimum Gasteiger partial charge on any atom is -0.772 e. The standard InChI is InChI=1S/C29H41N3O6S/c1-2-6-19(7-5-14-39(36)37)21-16-31(17-21)24-8-3-4-9-26(24)38-22-10-11-23-20(15-22)18-32(29(23)35)25-12-13-27(33)30-28(25)34/h10-11,15,19,21,24-26H,2-9,12-14,16-18H2,1H3,(H,36,37)(H,30,33,34)/p-1. The van der Waals surface area contributed by atoms with Gasteiger partial charge in [0.1, 0.15) is 17.9 Å². The van der Waals surface area contributed by atoms with E-state index in [0.29, 0.717) is 36.4 Å². The molecular weight excluding hydrogens is 518 g/mol. The lowest BCUT2D eigenvalue weighted by Gasteiger charge is -2.50. The minimum absolute atomic E-state index is 0.0913. The van der Waals surface area contributed by atoms with Gasteiger partial charge in [0.25, 0.3) is 5.91 Å². The molecule has 3 fully saturated rings. The van der Waals surface area contributed by atoms with Crippen molar-refractivity contribution in [2.45, 2.75) is 95.9 Å². The third-order valence-corrected chi connectivity index (χ3v) is 9.69. The van der Waals surface area contributed by atoms with Crippen LogP contribution in [0.1, 0.15) is 87.1 Å². The number of nitrogens with one attached hydrogen (secondary N) is 1. The van der Waals surface area contributed by atoms with E-state index >= 15 is 0 Å². The Kier molecular flexibility index (Phi) is 9.03. The maximum Gasteiger partial charge on any atom is 0.255 e. The SMILES string of the molecule is CCCC(CCCS(=O)[O-])C1CN(C2CCCCC2Oc2ccc3c(c2)CN(C2CCC(=O)NC2=O)C3=O)C1. The van der Waals surface area contributed by atoms with Crippen LogP contribution in [0.15, 0.2) is 18.2 Å². The molecule has 0 bridgehead atoms. The molecule has 0 radical (unpaired) electrons. The maximum atomic E-state index is 13.0. The lowest BCUT2D eigenvalue weighted by molar-refractivity contribution is -0.136. The van der Waals surface area contributed by atoms with E-state index in [0.717, 1.165) is 69.3 Å². The van der Waals surface area contributed by atoms with Crippen LogP contribution in [0.4, 0.5) is 0 Å². The van der Waals surface area contributed by atoms with Gasteiger partial charge in [-0.05, 0) is 74.1 Å². The number of carbonyl (C=O) groups is 3. The van der Waals surface area contributed by atoms with Crippen LogP contribution in [-0.4, -0.2) is 73.3 Å². The summed E-state index contributed by atoms with van der Waals surface area (Å²) in [6.07, 6.45) is 9.12. The van der Waals surface area contributed by atoms with Gasteiger partial charge in [0.05, 0.1) is 0 Å². The van der Waals surface area contributed by atoms with Crippen LogP contribution < -0.4 is 10.1 Å². The first-order chi connectivity index (χ1) is 18.8. The first-order valence-electron chi connectivity index (χ1n) is 14.6. The number of imide groups is 1. The number of fused-ring (bicyclic) bond motifs is 1. The average molecular weight is 559 g/mol. The summed E-state index contributed by atoms with van der Waals surface area (Å²) in [6, 6.07) is 5.36. The molecule has 1 aromatic rings. The van der Waals surface area contributed by atoms with Crippen molar-refractivity contribution in [1.82, 2.24) is 15.1 Å². The van der Waals surface area contributed by atoms with Gasteiger partial charge in [0, 0.05) is 43.4 Å². The highest BCUT2D eigenvalue weighted by Gasteiger charge is 2.42. The Labute approximate surface area is 233 Å². The van der Waals surface area contributed by atoms with Gasteiger partial charge in [0.2, 0.25) is 11.8 Å². The second kappa shape index (κ2) is 12.5. The quantitative estimate of drug-likeness (QED) is 0.327. The number of nitrogens with zero attached hydrogens (tertiary/aromatic N) is 2. The highest BCUT2D eigenvalue weighted by Crippen LogP contribution is 2.37. The monoisotopic (exact) mass is 558 g/mol. The third kappa shape index (κ3) is 6.38. The lowest BCUT2D eigenvalue weighted by atomic mass is 9.78. The molecule has 9 nitrogen and oxygen atoms in total. The van der Waals surface area contributed by atoms with Gasteiger partial charge >= 0.3 is 0 Å². The van der Waals surface area contributed by atoms with Crippen LogP contribution >= 0.6 is 0 Å². The molecule has 5 atom stereocenters. The van der Waals surface area contributed by atoms with Gasteiger partial charge in [-0.3, -0.25) is 28.8 Å². The van der Waals surface area contributed by atoms with Gasteiger partial charge in [-0.25, -0.2) is 0 Å². The Bertz CT molecular complexity index is 1110. The van der Waals surface area contributed by atoms with Crippen LogP contribution in [0.5, 0.6) is 5.75 Å². The Morgan fingerprint density at radius 1 is 1.13 bits per heavy atom. The summed E-state index contributed by atoms with van der Waals surface area (Å²) in [5.74, 6) is 1.36. The topological polar surface area (TPSA) is 119 Å². The van der Waals surface area contributed by atoms with E-state index in [1.54, 1.807) is 11.0 Å². The molecule has 0 aromatic heterocycles. The fraction of sp³-hybridized carbons (Fsp3) is 0.690. The number of ether oxygens (including phenoxy) is 1. The van der Waals surface area contributed by atoms with Gasteiger partial charge in [0.15, 0.2) is 0 Å². The molecule has 3 aliphatic heterocycles. The summed E-state index contributed by atoms with van der Waals surface area (Å²) in [7, 11) is 0. The van der Waals surface area contributed by atoms with Crippen LogP contribution in [0.2, 0.25) is 0 Å².